The average molecular weight is 324 g/mol. The molecule has 0 unspecified atom stereocenters. The summed E-state index contributed by atoms with van der Waals surface area (Å²) in [7, 11) is 0. The molecule has 0 aromatic heterocycles. The van der Waals surface area contributed by atoms with E-state index >= 15 is 0 Å². The minimum atomic E-state index is -0.468. The van der Waals surface area contributed by atoms with Crippen LogP contribution in [0.2, 0.25) is 0 Å². The van der Waals surface area contributed by atoms with E-state index in [4.69, 9.17) is 10.5 Å². The molecule has 3 rings (SSSR count). The molecule has 1 saturated heterocycles. The fourth-order valence-electron chi connectivity index (χ4n) is 3.36. The van der Waals surface area contributed by atoms with Gasteiger partial charge in [0.05, 0.1) is 6.10 Å². The Morgan fingerprint density at radius 2 is 1.79 bits per heavy atom. The summed E-state index contributed by atoms with van der Waals surface area (Å²) in [5.74, 6) is -0.0269. The Morgan fingerprint density at radius 3 is 2.46 bits per heavy atom. The van der Waals surface area contributed by atoms with Crippen LogP contribution in [0.1, 0.15) is 36.1 Å². The maximum atomic E-state index is 11.9. The summed E-state index contributed by atoms with van der Waals surface area (Å²) in [6, 6.07) is 19.4. The molecule has 4 nitrogen and oxygen atoms in total. The fourth-order valence-corrected chi connectivity index (χ4v) is 3.36. The molecule has 1 amide bonds. The Balaban J connectivity index is 1.70. The molecule has 0 saturated carbocycles. The van der Waals surface area contributed by atoms with Crippen molar-refractivity contribution < 1.29 is 9.53 Å². The number of benzene rings is 2. The number of primary amides is 1. The molecular formula is C20H24N2O2. The van der Waals surface area contributed by atoms with Gasteiger partial charge in [-0.15, -0.1) is 0 Å². The number of carbonyl (C=O) groups is 1. The standard InChI is InChI=1S/C20H24N2O2/c21-20(23)18(15-8-3-1-4-9-15)22-14-17-12-7-13-24-19(17)16-10-5-2-6-11-16/h1-6,8-11,17-19,22H,7,12-14H2,(H2,21,23)/t17-,18+,19+/m0/s1. The van der Waals surface area contributed by atoms with Gasteiger partial charge in [0.15, 0.2) is 0 Å². The molecule has 0 radical (unpaired) electrons. The Morgan fingerprint density at radius 1 is 1.12 bits per heavy atom. The third kappa shape index (κ3) is 4.02. The predicted octanol–water partition coefficient (Wildman–Crippen LogP) is 2.97. The van der Waals surface area contributed by atoms with Crippen molar-refractivity contribution in [1.29, 1.82) is 0 Å². The van der Waals surface area contributed by atoms with Crippen LogP contribution < -0.4 is 11.1 Å². The van der Waals surface area contributed by atoms with Gasteiger partial charge in [0, 0.05) is 19.1 Å². The van der Waals surface area contributed by atoms with Crippen LogP contribution in [-0.4, -0.2) is 19.1 Å². The smallest absolute Gasteiger partial charge is 0.239 e. The van der Waals surface area contributed by atoms with E-state index in [0.717, 1.165) is 25.0 Å². The molecule has 3 atom stereocenters. The number of carbonyl (C=O) groups excluding carboxylic acids is 1. The monoisotopic (exact) mass is 324 g/mol. The maximum absolute atomic E-state index is 11.9. The van der Waals surface area contributed by atoms with Crippen molar-refractivity contribution in [3.8, 4) is 0 Å². The van der Waals surface area contributed by atoms with Gasteiger partial charge in [0.25, 0.3) is 0 Å². The molecule has 1 aliphatic rings. The van der Waals surface area contributed by atoms with Crippen molar-refractivity contribution in [2.24, 2.45) is 11.7 Å². The van der Waals surface area contributed by atoms with Crippen LogP contribution in [0.5, 0.6) is 0 Å². The number of nitrogens with one attached hydrogen (secondary N) is 1. The normalized spacial score (nSPS) is 22.0. The summed E-state index contributed by atoms with van der Waals surface area (Å²) < 4.78 is 6.02. The molecule has 1 heterocycles. The van der Waals surface area contributed by atoms with Crippen LogP contribution in [0.15, 0.2) is 60.7 Å². The van der Waals surface area contributed by atoms with E-state index in [1.165, 1.54) is 5.56 Å². The molecule has 126 valence electrons. The molecule has 0 bridgehead atoms. The minimum Gasteiger partial charge on any atom is -0.373 e. The van der Waals surface area contributed by atoms with E-state index in [1.54, 1.807) is 0 Å². The number of nitrogens with two attached hydrogens (primary N) is 1. The van der Waals surface area contributed by atoms with E-state index in [1.807, 2.05) is 48.5 Å². The second-order valence-electron chi connectivity index (χ2n) is 6.26. The van der Waals surface area contributed by atoms with Gasteiger partial charge in [-0.05, 0) is 24.0 Å². The molecule has 4 heteroatoms. The Bertz CT molecular complexity index is 645. The molecular weight excluding hydrogens is 300 g/mol. The summed E-state index contributed by atoms with van der Waals surface area (Å²) in [5.41, 5.74) is 7.69. The van der Waals surface area contributed by atoms with Gasteiger partial charge in [-0.3, -0.25) is 4.79 Å². The summed E-state index contributed by atoms with van der Waals surface area (Å²) in [6.07, 6.45) is 2.19. The van der Waals surface area contributed by atoms with E-state index in [-0.39, 0.29) is 12.0 Å². The van der Waals surface area contributed by atoms with Crippen molar-refractivity contribution >= 4 is 5.91 Å². The summed E-state index contributed by atoms with van der Waals surface area (Å²) in [6.45, 7) is 1.48. The van der Waals surface area contributed by atoms with E-state index in [9.17, 15) is 4.79 Å². The van der Waals surface area contributed by atoms with Gasteiger partial charge in [-0.1, -0.05) is 60.7 Å². The van der Waals surface area contributed by atoms with Gasteiger partial charge < -0.3 is 15.8 Å². The van der Waals surface area contributed by atoms with Crippen LogP contribution in [0, 0.1) is 5.92 Å². The highest BCUT2D eigenvalue weighted by molar-refractivity contribution is 5.81. The van der Waals surface area contributed by atoms with Crippen molar-refractivity contribution in [3.05, 3.63) is 71.8 Å². The highest BCUT2D eigenvalue weighted by Gasteiger charge is 2.28. The minimum absolute atomic E-state index is 0.0664. The van der Waals surface area contributed by atoms with Crippen LogP contribution >= 0.6 is 0 Å². The molecule has 2 aromatic rings. The lowest BCUT2D eigenvalue weighted by Gasteiger charge is -2.33. The maximum Gasteiger partial charge on any atom is 0.239 e. The summed E-state index contributed by atoms with van der Waals surface area (Å²) in [5, 5.41) is 3.35. The second kappa shape index (κ2) is 8.08. The lowest BCUT2D eigenvalue weighted by atomic mass is 9.89. The molecule has 0 aliphatic carbocycles. The summed E-state index contributed by atoms with van der Waals surface area (Å²) in [4.78, 5) is 11.9. The summed E-state index contributed by atoms with van der Waals surface area (Å²) >= 11 is 0. The molecule has 1 aliphatic heterocycles. The highest BCUT2D eigenvalue weighted by Crippen LogP contribution is 2.33. The molecule has 0 spiro atoms. The number of hydrogen-bond acceptors (Lipinski definition) is 3. The predicted molar refractivity (Wildman–Crippen MR) is 94.2 cm³/mol. The zero-order chi connectivity index (χ0) is 16.8. The zero-order valence-corrected chi connectivity index (χ0v) is 13.7. The number of rotatable bonds is 6. The number of amides is 1. The quantitative estimate of drug-likeness (QED) is 0.858. The van der Waals surface area contributed by atoms with Crippen molar-refractivity contribution in [2.45, 2.75) is 25.0 Å². The van der Waals surface area contributed by atoms with Gasteiger partial charge >= 0.3 is 0 Å². The molecule has 2 aromatic carbocycles. The first kappa shape index (κ1) is 16.7. The molecule has 1 fully saturated rings. The lowest BCUT2D eigenvalue weighted by Crippen LogP contribution is -2.39. The van der Waals surface area contributed by atoms with Crippen LogP contribution in [0.4, 0.5) is 0 Å². The first-order valence-electron chi connectivity index (χ1n) is 8.50. The largest absolute Gasteiger partial charge is 0.373 e. The third-order valence-corrected chi connectivity index (χ3v) is 4.57. The molecule has 24 heavy (non-hydrogen) atoms. The SMILES string of the molecule is NC(=O)[C@H](NC[C@@H]1CCCO[C@@H]1c1ccccc1)c1ccccc1. The topological polar surface area (TPSA) is 64.4 Å². The van der Waals surface area contributed by atoms with E-state index in [2.05, 4.69) is 17.4 Å². The van der Waals surface area contributed by atoms with Crippen LogP contribution in [0.25, 0.3) is 0 Å². The van der Waals surface area contributed by atoms with Gasteiger partial charge in [0.1, 0.15) is 6.04 Å². The average Bonchev–Trinajstić information content (AvgIpc) is 2.64. The third-order valence-electron chi connectivity index (χ3n) is 4.57. The van der Waals surface area contributed by atoms with Gasteiger partial charge in [0.2, 0.25) is 5.91 Å². The van der Waals surface area contributed by atoms with E-state index < -0.39 is 6.04 Å². The lowest BCUT2D eigenvalue weighted by molar-refractivity contribution is -0.120. The first-order chi connectivity index (χ1) is 11.8. The Kier molecular flexibility index (Phi) is 5.62. The van der Waals surface area contributed by atoms with Gasteiger partial charge in [-0.2, -0.15) is 0 Å². The Hall–Kier alpha value is -2.17. The van der Waals surface area contributed by atoms with Crippen molar-refractivity contribution in [1.82, 2.24) is 5.32 Å². The second-order valence-corrected chi connectivity index (χ2v) is 6.26. The van der Waals surface area contributed by atoms with Crippen LogP contribution in [0.3, 0.4) is 0 Å². The first-order valence-corrected chi connectivity index (χ1v) is 8.50. The van der Waals surface area contributed by atoms with Crippen LogP contribution in [-0.2, 0) is 9.53 Å². The zero-order valence-electron chi connectivity index (χ0n) is 13.7. The van der Waals surface area contributed by atoms with E-state index in [0.29, 0.717) is 12.5 Å². The fraction of sp³-hybridized carbons (Fsp3) is 0.350. The van der Waals surface area contributed by atoms with Crippen molar-refractivity contribution in [2.75, 3.05) is 13.2 Å². The van der Waals surface area contributed by atoms with Gasteiger partial charge in [-0.25, -0.2) is 0 Å². The highest BCUT2D eigenvalue weighted by atomic mass is 16.5. The Labute approximate surface area is 143 Å². The number of ether oxygens (including phenoxy) is 1. The molecule has 3 N–H and O–H groups in total. The van der Waals surface area contributed by atoms with Crippen molar-refractivity contribution in [3.63, 3.8) is 0 Å². The number of hydrogen-bond donors (Lipinski definition) is 2.